The van der Waals surface area contributed by atoms with E-state index in [1.807, 2.05) is 0 Å². The molecule has 1 aromatic rings. The Balaban J connectivity index is 2.25. The molecule has 2 atom stereocenters. The van der Waals surface area contributed by atoms with Gasteiger partial charge in [0.05, 0.1) is 7.11 Å². The van der Waals surface area contributed by atoms with E-state index in [2.05, 4.69) is 49.5 Å². The first kappa shape index (κ1) is 14.1. The van der Waals surface area contributed by atoms with Gasteiger partial charge < -0.3 is 10.1 Å². The highest BCUT2D eigenvalue weighted by atomic mass is 16.5. The second kappa shape index (κ2) is 6.76. The highest BCUT2D eigenvalue weighted by Gasteiger charge is 2.27. The summed E-state index contributed by atoms with van der Waals surface area (Å²) in [5.41, 5.74) is 2.83. The minimum atomic E-state index is 0.528. The van der Waals surface area contributed by atoms with E-state index in [0.29, 0.717) is 12.0 Å². The minimum Gasteiger partial charge on any atom is -0.496 e. The average Bonchev–Trinajstić information content (AvgIpc) is 2.44. The van der Waals surface area contributed by atoms with Gasteiger partial charge in [-0.1, -0.05) is 31.2 Å². The second-order valence-electron chi connectivity index (χ2n) is 5.26. The minimum absolute atomic E-state index is 0.528. The number of nitrogens with one attached hydrogen (secondary N) is 1. The third-order valence-electron chi connectivity index (χ3n) is 3.94. The molecular formula is C17H25NO. The topological polar surface area (TPSA) is 21.3 Å². The molecule has 0 fully saturated rings. The van der Waals surface area contributed by atoms with Gasteiger partial charge in [0.1, 0.15) is 5.75 Å². The third-order valence-corrected chi connectivity index (χ3v) is 3.94. The predicted molar refractivity (Wildman–Crippen MR) is 80.8 cm³/mol. The van der Waals surface area contributed by atoms with Crippen LogP contribution in [0.15, 0.2) is 30.4 Å². The highest BCUT2D eigenvalue weighted by Crippen LogP contribution is 2.32. The van der Waals surface area contributed by atoms with E-state index in [0.717, 1.165) is 25.1 Å². The van der Waals surface area contributed by atoms with Crippen molar-refractivity contribution < 1.29 is 4.74 Å². The Kier molecular flexibility index (Phi) is 5.03. The smallest absolute Gasteiger partial charge is 0.122 e. The van der Waals surface area contributed by atoms with Gasteiger partial charge >= 0.3 is 0 Å². The summed E-state index contributed by atoms with van der Waals surface area (Å²) in [5.74, 6) is 1.64. The summed E-state index contributed by atoms with van der Waals surface area (Å²) in [6, 6.07) is 6.94. The monoisotopic (exact) mass is 259 g/mol. The van der Waals surface area contributed by atoms with E-state index in [-0.39, 0.29) is 0 Å². The number of ether oxygens (including phenoxy) is 1. The Morgan fingerprint density at radius 3 is 2.89 bits per heavy atom. The zero-order valence-corrected chi connectivity index (χ0v) is 12.3. The molecule has 0 aromatic heterocycles. The fourth-order valence-corrected chi connectivity index (χ4v) is 3.00. The van der Waals surface area contributed by atoms with Crippen LogP contribution in [0, 0.1) is 5.92 Å². The first-order chi connectivity index (χ1) is 9.30. The van der Waals surface area contributed by atoms with E-state index in [1.165, 1.54) is 17.5 Å². The maximum absolute atomic E-state index is 5.51. The summed E-state index contributed by atoms with van der Waals surface area (Å²) < 4.78 is 5.51. The van der Waals surface area contributed by atoms with Crippen LogP contribution in [0.5, 0.6) is 5.75 Å². The third kappa shape index (κ3) is 3.19. The molecule has 0 saturated carbocycles. The molecule has 0 spiro atoms. The Morgan fingerprint density at radius 1 is 1.37 bits per heavy atom. The SMILES string of the molecule is CC=C[C@H]1Cc2cccc(OC)c2C[C@H]1NCCC. The van der Waals surface area contributed by atoms with Gasteiger partial charge in [-0.2, -0.15) is 0 Å². The van der Waals surface area contributed by atoms with Crippen LogP contribution in [0.3, 0.4) is 0 Å². The largest absolute Gasteiger partial charge is 0.496 e. The van der Waals surface area contributed by atoms with Crippen LogP contribution in [-0.2, 0) is 12.8 Å². The number of hydrogen-bond acceptors (Lipinski definition) is 2. The van der Waals surface area contributed by atoms with Gasteiger partial charge in [-0.25, -0.2) is 0 Å². The van der Waals surface area contributed by atoms with Crippen molar-refractivity contribution in [2.24, 2.45) is 5.92 Å². The summed E-state index contributed by atoms with van der Waals surface area (Å²) in [4.78, 5) is 0. The van der Waals surface area contributed by atoms with E-state index >= 15 is 0 Å². The maximum Gasteiger partial charge on any atom is 0.122 e. The number of allylic oxidation sites excluding steroid dienone is 1. The lowest BCUT2D eigenvalue weighted by Gasteiger charge is -2.33. The van der Waals surface area contributed by atoms with Crippen molar-refractivity contribution in [1.29, 1.82) is 0 Å². The zero-order valence-electron chi connectivity index (χ0n) is 12.3. The molecule has 1 N–H and O–H groups in total. The fourth-order valence-electron chi connectivity index (χ4n) is 3.00. The molecule has 0 radical (unpaired) electrons. The van der Waals surface area contributed by atoms with E-state index in [4.69, 9.17) is 4.74 Å². The maximum atomic E-state index is 5.51. The number of hydrogen-bond donors (Lipinski definition) is 1. The van der Waals surface area contributed by atoms with Crippen molar-refractivity contribution in [2.75, 3.05) is 13.7 Å². The molecule has 1 aromatic carbocycles. The molecule has 2 rings (SSSR count). The van der Waals surface area contributed by atoms with Crippen molar-refractivity contribution >= 4 is 0 Å². The average molecular weight is 259 g/mol. The van der Waals surface area contributed by atoms with Crippen LogP contribution >= 0.6 is 0 Å². The van der Waals surface area contributed by atoms with E-state index < -0.39 is 0 Å². The van der Waals surface area contributed by atoms with Gasteiger partial charge in [0.25, 0.3) is 0 Å². The standard InChI is InChI=1S/C17H25NO/c1-4-7-14-11-13-8-6-9-17(19-3)15(13)12-16(14)18-10-5-2/h4,6-9,14,16,18H,5,10-12H2,1-3H3/t14-,16+/m0/s1. The number of fused-ring (bicyclic) bond motifs is 1. The zero-order chi connectivity index (χ0) is 13.7. The molecule has 0 saturated heterocycles. The molecule has 0 heterocycles. The molecule has 1 aliphatic rings. The summed E-state index contributed by atoms with van der Waals surface area (Å²) in [6.45, 7) is 5.41. The first-order valence-electron chi connectivity index (χ1n) is 7.31. The van der Waals surface area contributed by atoms with E-state index in [1.54, 1.807) is 7.11 Å². The number of rotatable bonds is 5. The van der Waals surface area contributed by atoms with Crippen LogP contribution in [-0.4, -0.2) is 19.7 Å². The van der Waals surface area contributed by atoms with Crippen LogP contribution in [0.25, 0.3) is 0 Å². The van der Waals surface area contributed by atoms with E-state index in [9.17, 15) is 0 Å². The lowest BCUT2D eigenvalue weighted by Crippen LogP contribution is -2.41. The van der Waals surface area contributed by atoms with Crippen molar-refractivity contribution in [2.45, 2.75) is 39.2 Å². The van der Waals surface area contributed by atoms with Gasteiger partial charge in [-0.15, -0.1) is 0 Å². The lowest BCUT2D eigenvalue weighted by molar-refractivity contribution is 0.363. The van der Waals surface area contributed by atoms with Crippen LogP contribution in [0.2, 0.25) is 0 Å². The molecule has 2 heteroatoms. The molecule has 0 unspecified atom stereocenters. The molecule has 0 aliphatic heterocycles. The molecule has 104 valence electrons. The van der Waals surface area contributed by atoms with Crippen molar-refractivity contribution in [3.05, 3.63) is 41.5 Å². The van der Waals surface area contributed by atoms with Gasteiger partial charge in [0.15, 0.2) is 0 Å². The number of benzene rings is 1. The molecular weight excluding hydrogens is 234 g/mol. The van der Waals surface area contributed by atoms with Crippen LogP contribution in [0.1, 0.15) is 31.4 Å². The van der Waals surface area contributed by atoms with Crippen molar-refractivity contribution in [3.63, 3.8) is 0 Å². The van der Waals surface area contributed by atoms with Crippen LogP contribution < -0.4 is 10.1 Å². The predicted octanol–water partition coefficient (Wildman–Crippen LogP) is 3.35. The normalized spacial score (nSPS) is 22.5. The Labute approximate surface area is 116 Å². The van der Waals surface area contributed by atoms with Gasteiger partial charge in [0.2, 0.25) is 0 Å². The Morgan fingerprint density at radius 2 is 2.21 bits per heavy atom. The quantitative estimate of drug-likeness (QED) is 0.819. The highest BCUT2D eigenvalue weighted by molar-refractivity contribution is 5.43. The van der Waals surface area contributed by atoms with Crippen molar-refractivity contribution in [1.82, 2.24) is 5.32 Å². The summed E-state index contributed by atoms with van der Waals surface area (Å²) in [5, 5.41) is 3.69. The Bertz CT molecular complexity index is 439. The number of methoxy groups -OCH3 is 1. The summed E-state index contributed by atoms with van der Waals surface area (Å²) >= 11 is 0. The molecule has 2 nitrogen and oxygen atoms in total. The second-order valence-corrected chi connectivity index (χ2v) is 5.26. The molecule has 0 amide bonds. The molecule has 19 heavy (non-hydrogen) atoms. The summed E-state index contributed by atoms with van der Waals surface area (Å²) in [7, 11) is 1.77. The molecule has 1 aliphatic carbocycles. The lowest BCUT2D eigenvalue weighted by atomic mass is 9.79. The Hall–Kier alpha value is -1.28. The fraction of sp³-hybridized carbons (Fsp3) is 0.529. The van der Waals surface area contributed by atoms with Crippen molar-refractivity contribution in [3.8, 4) is 5.75 Å². The van der Waals surface area contributed by atoms with Gasteiger partial charge in [-0.05, 0) is 55.8 Å². The van der Waals surface area contributed by atoms with Gasteiger partial charge in [-0.3, -0.25) is 0 Å². The summed E-state index contributed by atoms with van der Waals surface area (Å²) in [6.07, 6.45) is 7.87. The first-order valence-corrected chi connectivity index (χ1v) is 7.31. The van der Waals surface area contributed by atoms with Gasteiger partial charge in [0, 0.05) is 6.04 Å². The molecule has 0 bridgehead atoms. The van der Waals surface area contributed by atoms with Crippen LogP contribution in [0.4, 0.5) is 0 Å².